The zero-order chi connectivity index (χ0) is 16.8. The number of piperidine rings is 1. The van der Waals surface area contributed by atoms with Crippen molar-refractivity contribution in [2.45, 2.75) is 26.2 Å². The Bertz CT molecular complexity index is 522. The van der Waals surface area contributed by atoms with Gasteiger partial charge in [-0.1, -0.05) is 6.92 Å². The van der Waals surface area contributed by atoms with Gasteiger partial charge in [-0.2, -0.15) is 0 Å². The van der Waals surface area contributed by atoms with Gasteiger partial charge in [0.15, 0.2) is 0 Å². The number of hydrogen-bond acceptors (Lipinski definition) is 4. The largest absolute Gasteiger partial charge is 0.399 e. The Morgan fingerprint density at radius 1 is 1.35 bits per heavy atom. The van der Waals surface area contributed by atoms with E-state index >= 15 is 0 Å². The fraction of sp³-hybridized carbons (Fsp3) is 0.611. The highest BCUT2D eigenvalue weighted by Gasteiger charge is 2.21. The van der Waals surface area contributed by atoms with Gasteiger partial charge < -0.3 is 20.9 Å². The van der Waals surface area contributed by atoms with Crippen molar-refractivity contribution in [3.8, 4) is 0 Å². The lowest BCUT2D eigenvalue weighted by Gasteiger charge is -2.33. The molecule has 1 amide bonds. The maximum Gasteiger partial charge on any atom is 0.253 e. The summed E-state index contributed by atoms with van der Waals surface area (Å²) in [4.78, 5) is 17.0. The minimum atomic E-state index is -0.0234. The molecule has 0 unspecified atom stereocenters. The summed E-state index contributed by atoms with van der Waals surface area (Å²) in [7, 11) is 4.07. The van der Waals surface area contributed by atoms with Crippen LogP contribution in [0.4, 0.5) is 11.4 Å². The van der Waals surface area contributed by atoms with Crippen molar-refractivity contribution in [3.63, 3.8) is 0 Å². The topological polar surface area (TPSA) is 61.6 Å². The number of nitrogens with two attached hydrogens (primary N) is 1. The molecule has 5 nitrogen and oxygen atoms in total. The third kappa shape index (κ3) is 5.13. The minimum absolute atomic E-state index is 0.0234. The van der Waals surface area contributed by atoms with E-state index in [4.69, 9.17) is 5.73 Å². The van der Waals surface area contributed by atoms with Crippen LogP contribution in [0.1, 0.15) is 36.5 Å². The molecule has 1 aromatic rings. The molecule has 0 saturated carbocycles. The molecular weight excluding hydrogens is 288 g/mol. The van der Waals surface area contributed by atoms with Crippen molar-refractivity contribution >= 4 is 17.3 Å². The second-order valence-corrected chi connectivity index (χ2v) is 6.86. The van der Waals surface area contributed by atoms with Crippen LogP contribution in [0.25, 0.3) is 0 Å². The summed E-state index contributed by atoms with van der Waals surface area (Å²) < 4.78 is 0. The number of carbonyl (C=O) groups is 1. The van der Waals surface area contributed by atoms with Crippen LogP contribution >= 0.6 is 0 Å². The van der Waals surface area contributed by atoms with Gasteiger partial charge in [0.1, 0.15) is 0 Å². The van der Waals surface area contributed by atoms with E-state index in [1.807, 2.05) is 26.2 Å². The van der Waals surface area contributed by atoms with E-state index in [2.05, 4.69) is 22.0 Å². The molecule has 5 heteroatoms. The third-order valence-electron chi connectivity index (χ3n) is 4.46. The summed E-state index contributed by atoms with van der Waals surface area (Å²) in [5.41, 5.74) is 8.25. The molecule has 0 aliphatic carbocycles. The predicted molar refractivity (Wildman–Crippen MR) is 97.0 cm³/mol. The summed E-state index contributed by atoms with van der Waals surface area (Å²) in [5.74, 6) is 0.744. The van der Waals surface area contributed by atoms with E-state index < -0.39 is 0 Å². The first kappa shape index (κ1) is 17.6. The van der Waals surface area contributed by atoms with Crippen LogP contribution in [-0.4, -0.2) is 51.1 Å². The Hall–Kier alpha value is -1.75. The fourth-order valence-corrected chi connectivity index (χ4v) is 2.95. The van der Waals surface area contributed by atoms with E-state index in [-0.39, 0.29) is 5.91 Å². The van der Waals surface area contributed by atoms with Crippen LogP contribution in [0.3, 0.4) is 0 Å². The van der Waals surface area contributed by atoms with Gasteiger partial charge in [-0.3, -0.25) is 4.79 Å². The van der Waals surface area contributed by atoms with Crippen LogP contribution in [-0.2, 0) is 0 Å². The van der Waals surface area contributed by atoms with Gasteiger partial charge in [0.25, 0.3) is 5.91 Å². The normalized spacial score (nSPS) is 15.9. The van der Waals surface area contributed by atoms with Crippen LogP contribution in [0, 0.1) is 5.92 Å². The molecule has 23 heavy (non-hydrogen) atoms. The molecule has 1 fully saturated rings. The molecule has 3 N–H and O–H groups in total. The average Bonchev–Trinajstić information content (AvgIpc) is 2.52. The molecule has 0 bridgehead atoms. The van der Waals surface area contributed by atoms with Crippen LogP contribution in [0.2, 0.25) is 0 Å². The standard InChI is InChI=1S/C18H30N4O/c1-14-7-11-22(12-8-14)17-6-5-15(19)13-16(17)18(23)20-9-4-10-21(2)3/h5-6,13-14H,4,7-12,19H2,1-3H3,(H,20,23). The van der Waals surface area contributed by atoms with E-state index in [0.717, 1.165) is 37.7 Å². The van der Waals surface area contributed by atoms with Gasteiger partial charge in [0.05, 0.1) is 5.56 Å². The number of nitrogen functional groups attached to an aromatic ring is 1. The molecule has 0 aromatic heterocycles. The molecule has 1 aliphatic rings. The first-order valence-electron chi connectivity index (χ1n) is 8.54. The Balaban J connectivity index is 2.04. The summed E-state index contributed by atoms with van der Waals surface area (Å²) in [5, 5.41) is 3.02. The molecule has 128 valence electrons. The monoisotopic (exact) mass is 318 g/mol. The Labute approximate surface area is 139 Å². The predicted octanol–water partition coefficient (Wildman–Crippen LogP) is 2.19. The minimum Gasteiger partial charge on any atom is -0.399 e. The molecule has 0 atom stereocenters. The van der Waals surface area contributed by atoms with Gasteiger partial charge in [-0.15, -0.1) is 0 Å². The summed E-state index contributed by atoms with van der Waals surface area (Å²) in [6, 6.07) is 5.67. The van der Waals surface area contributed by atoms with Crippen molar-refractivity contribution < 1.29 is 4.79 Å². The zero-order valence-corrected chi connectivity index (χ0v) is 14.6. The van der Waals surface area contributed by atoms with Gasteiger partial charge in [0.2, 0.25) is 0 Å². The molecule has 0 radical (unpaired) electrons. The van der Waals surface area contributed by atoms with E-state index in [1.165, 1.54) is 12.8 Å². The first-order valence-corrected chi connectivity index (χ1v) is 8.54. The second-order valence-electron chi connectivity index (χ2n) is 6.86. The lowest BCUT2D eigenvalue weighted by molar-refractivity contribution is 0.0952. The summed E-state index contributed by atoms with van der Waals surface area (Å²) in [6.45, 7) is 5.95. The smallest absolute Gasteiger partial charge is 0.253 e. The number of anilines is 2. The number of nitrogens with one attached hydrogen (secondary N) is 1. The van der Waals surface area contributed by atoms with Gasteiger partial charge in [-0.05, 0) is 64.0 Å². The first-order chi connectivity index (χ1) is 11.0. The van der Waals surface area contributed by atoms with Gasteiger partial charge >= 0.3 is 0 Å². The number of carbonyl (C=O) groups excluding carboxylic acids is 1. The Morgan fingerprint density at radius 2 is 2.04 bits per heavy atom. The molecule has 1 aliphatic heterocycles. The fourth-order valence-electron chi connectivity index (χ4n) is 2.95. The average molecular weight is 318 g/mol. The Kier molecular flexibility index (Phi) is 6.28. The maximum absolute atomic E-state index is 12.6. The zero-order valence-electron chi connectivity index (χ0n) is 14.6. The van der Waals surface area contributed by atoms with E-state index in [9.17, 15) is 4.79 Å². The molecule has 0 spiro atoms. The molecule has 1 heterocycles. The molecular formula is C18H30N4O. The number of rotatable bonds is 6. The van der Waals surface area contributed by atoms with Gasteiger partial charge in [-0.25, -0.2) is 0 Å². The number of nitrogens with zero attached hydrogens (tertiary/aromatic N) is 2. The number of amides is 1. The van der Waals surface area contributed by atoms with Crippen molar-refractivity contribution in [2.75, 3.05) is 50.9 Å². The van der Waals surface area contributed by atoms with Crippen molar-refractivity contribution in [1.82, 2.24) is 10.2 Å². The lowest BCUT2D eigenvalue weighted by Crippen LogP contribution is -2.35. The van der Waals surface area contributed by atoms with E-state index in [0.29, 0.717) is 17.8 Å². The highest BCUT2D eigenvalue weighted by atomic mass is 16.1. The highest BCUT2D eigenvalue weighted by molar-refractivity contribution is 6.00. The van der Waals surface area contributed by atoms with Gasteiger partial charge in [0, 0.05) is 31.0 Å². The van der Waals surface area contributed by atoms with Crippen LogP contribution < -0.4 is 16.0 Å². The Morgan fingerprint density at radius 3 is 2.70 bits per heavy atom. The molecule has 1 saturated heterocycles. The number of hydrogen-bond donors (Lipinski definition) is 2. The molecule has 2 rings (SSSR count). The van der Waals surface area contributed by atoms with E-state index in [1.54, 1.807) is 6.07 Å². The highest BCUT2D eigenvalue weighted by Crippen LogP contribution is 2.27. The third-order valence-corrected chi connectivity index (χ3v) is 4.46. The van der Waals surface area contributed by atoms with Crippen LogP contribution in [0.15, 0.2) is 18.2 Å². The summed E-state index contributed by atoms with van der Waals surface area (Å²) in [6.07, 6.45) is 3.29. The quantitative estimate of drug-likeness (QED) is 0.623. The maximum atomic E-state index is 12.6. The SMILES string of the molecule is CC1CCN(c2ccc(N)cc2C(=O)NCCCN(C)C)CC1. The van der Waals surface area contributed by atoms with Crippen LogP contribution in [0.5, 0.6) is 0 Å². The number of benzene rings is 1. The second kappa shape index (κ2) is 8.20. The van der Waals surface area contributed by atoms with Crippen molar-refractivity contribution in [3.05, 3.63) is 23.8 Å². The van der Waals surface area contributed by atoms with Crippen molar-refractivity contribution in [2.24, 2.45) is 5.92 Å². The van der Waals surface area contributed by atoms with Crippen molar-refractivity contribution in [1.29, 1.82) is 0 Å². The molecule has 1 aromatic carbocycles. The lowest BCUT2D eigenvalue weighted by atomic mass is 9.98. The summed E-state index contributed by atoms with van der Waals surface area (Å²) >= 11 is 0.